The van der Waals surface area contributed by atoms with Crippen LogP contribution in [0.1, 0.15) is 65.5 Å². The summed E-state index contributed by atoms with van der Waals surface area (Å²) in [5.74, 6) is -3.47. The summed E-state index contributed by atoms with van der Waals surface area (Å²) in [6.07, 6.45) is -0.523. The van der Waals surface area contributed by atoms with Gasteiger partial charge in [-0.25, -0.2) is 4.39 Å². The molecule has 198 valence electrons. The number of aliphatic carboxylic acids is 1. The van der Waals surface area contributed by atoms with Gasteiger partial charge in [0.25, 0.3) is 11.8 Å². The molecule has 2 N–H and O–H groups in total. The normalized spacial score (nSPS) is 14.9. The van der Waals surface area contributed by atoms with E-state index in [4.69, 9.17) is 0 Å². The molecule has 3 aromatic carbocycles. The van der Waals surface area contributed by atoms with E-state index in [-0.39, 0.29) is 30.6 Å². The van der Waals surface area contributed by atoms with E-state index >= 15 is 0 Å². The molecular formula is C31H32FNO5. The second-order valence-electron chi connectivity index (χ2n) is 10.8. The number of fused-ring (bicyclic) bond motifs is 1. The Bertz CT molecular complexity index is 1340. The van der Waals surface area contributed by atoms with Crippen molar-refractivity contribution >= 4 is 17.8 Å². The van der Waals surface area contributed by atoms with E-state index in [0.717, 1.165) is 27.2 Å². The van der Waals surface area contributed by atoms with Crippen molar-refractivity contribution in [2.24, 2.45) is 5.92 Å². The molecule has 0 aliphatic carbocycles. The van der Waals surface area contributed by atoms with Crippen molar-refractivity contribution < 1.29 is 29.0 Å². The van der Waals surface area contributed by atoms with E-state index in [1.807, 2.05) is 51.1 Å². The highest BCUT2D eigenvalue weighted by Crippen LogP contribution is 2.30. The summed E-state index contributed by atoms with van der Waals surface area (Å²) in [4.78, 5) is 38.8. The molecule has 2 amide bonds. The van der Waals surface area contributed by atoms with Gasteiger partial charge in [0, 0.05) is 6.54 Å². The number of hydrogen-bond acceptors (Lipinski definition) is 4. The van der Waals surface area contributed by atoms with Gasteiger partial charge in [-0.2, -0.15) is 0 Å². The van der Waals surface area contributed by atoms with Crippen LogP contribution >= 0.6 is 0 Å². The molecule has 2 unspecified atom stereocenters. The molecule has 7 heteroatoms. The zero-order chi connectivity index (χ0) is 27.6. The average molecular weight is 518 g/mol. The fourth-order valence-electron chi connectivity index (χ4n) is 4.73. The van der Waals surface area contributed by atoms with Crippen LogP contribution in [0.15, 0.2) is 66.7 Å². The summed E-state index contributed by atoms with van der Waals surface area (Å²) in [6.45, 7) is 5.98. The topological polar surface area (TPSA) is 94.9 Å². The number of carboxylic acid groups (broad SMARTS) is 1. The minimum atomic E-state index is -1.17. The number of imide groups is 1. The number of amides is 2. The molecule has 0 saturated heterocycles. The molecule has 4 rings (SSSR count). The number of aliphatic hydroxyl groups is 1. The second kappa shape index (κ2) is 10.9. The van der Waals surface area contributed by atoms with E-state index in [2.05, 4.69) is 0 Å². The van der Waals surface area contributed by atoms with E-state index < -0.39 is 29.8 Å². The number of benzene rings is 3. The van der Waals surface area contributed by atoms with Crippen LogP contribution in [0.4, 0.5) is 4.39 Å². The predicted octanol–water partition coefficient (Wildman–Crippen LogP) is 5.47. The molecule has 1 aliphatic rings. The first-order chi connectivity index (χ1) is 18.0. The van der Waals surface area contributed by atoms with Gasteiger partial charge in [-0.05, 0) is 71.2 Å². The molecular weight excluding hydrogens is 485 g/mol. The Morgan fingerprint density at radius 1 is 0.868 bits per heavy atom. The Morgan fingerprint density at radius 2 is 1.45 bits per heavy atom. The highest BCUT2D eigenvalue weighted by atomic mass is 19.1. The van der Waals surface area contributed by atoms with Gasteiger partial charge in [-0.15, -0.1) is 0 Å². The lowest BCUT2D eigenvalue weighted by Gasteiger charge is -2.22. The summed E-state index contributed by atoms with van der Waals surface area (Å²) in [5, 5.41) is 20.5. The van der Waals surface area contributed by atoms with E-state index in [1.54, 1.807) is 24.3 Å². The number of carbonyl (C=O) groups excluding carboxylic acids is 2. The van der Waals surface area contributed by atoms with Crippen molar-refractivity contribution in [2.45, 2.75) is 51.6 Å². The quantitative estimate of drug-likeness (QED) is 0.367. The third-order valence-corrected chi connectivity index (χ3v) is 7.14. The molecule has 0 spiro atoms. The largest absolute Gasteiger partial charge is 0.481 e. The van der Waals surface area contributed by atoms with Crippen LogP contribution in [-0.4, -0.2) is 45.5 Å². The van der Waals surface area contributed by atoms with Gasteiger partial charge in [0.2, 0.25) is 0 Å². The summed E-state index contributed by atoms with van der Waals surface area (Å²) in [7, 11) is 0. The molecule has 0 bridgehead atoms. The SMILES string of the molecule is CC(C)(C)c1ccc2c(c1)C(=O)N(CCC(C(=O)O)C(O)CCc1ccc(-c3ccc(F)cc3)cc1)C2=O. The zero-order valence-corrected chi connectivity index (χ0v) is 21.8. The first-order valence-corrected chi connectivity index (χ1v) is 12.7. The standard InChI is InChI=1S/C31H32FNO5/c1-31(2,3)22-11-14-24-26(18-22)29(36)33(28(24)35)17-16-25(30(37)38)27(34)15-6-19-4-7-20(8-5-19)21-9-12-23(32)13-10-21/h4-5,7-14,18,25,27,34H,6,15-17H2,1-3H3,(H,37,38). The lowest BCUT2D eigenvalue weighted by molar-refractivity contribution is -0.146. The number of nitrogens with zero attached hydrogens (tertiary/aromatic N) is 1. The van der Waals surface area contributed by atoms with Crippen LogP contribution < -0.4 is 0 Å². The molecule has 3 aromatic rings. The first-order valence-electron chi connectivity index (χ1n) is 12.7. The molecule has 38 heavy (non-hydrogen) atoms. The third kappa shape index (κ3) is 5.83. The van der Waals surface area contributed by atoms with Crippen LogP contribution in [0, 0.1) is 11.7 Å². The molecule has 6 nitrogen and oxygen atoms in total. The number of halogens is 1. The van der Waals surface area contributed by atoms with Gasteiger partial charge < -0.3 is 10.2 Å². The molecule has 0 saturated carbocycles. The minimum absolute atomic E-state index is 0.0440. The van der Waals surface area contributed by atoms with Crippen molar-refractivity contribution in [3.05, 3.63) is 94.8 Å². The average Bonchev–Trinajstić information content (AvgIpc) is 3.12. The second-order valence-corrected chi connectivity index (χ2v) is 10.8. The fourth-order valence-corrected chi connectivity index (χ4v) is 4.73. The summed E-state index contributed by atoms with van der Waals surface area (Å²) < 4.78 is 13.2. The summed E-state index contributed by atoms with van der Waals surface area (Å²) >= 11 is 0. The smallest absolute Gasteiger partial charge is 0.309 e. The van der Waals surface area contributed by atoms with Gasteiger partial charge in [0.05, 0.1) is 23.1 Å². The number of aliphatic hydroxyl groups excluding tert-OH is 1. The van der Waals surface area contributed by atoms with Crippen molar-refractivity contribution in [3.63, 3.8) is 0 Å². The van der Waals surface area contributed by atoms with Crippen molar-refractivity contribution in [1.29, 1.82) is 0 Å². The number of hydrogen-bond donors (Lipinski definition) is 2. The molecule has 2 atom stereocenters. The van der Waals surface area contributed by atoms with E-state index in [0.29, 0.717) is 17.5 Å². The number of aryl methyl sites for hydroxylation is 1. The third-order valence-electron chi connectivity index (χ3n) is 7.14. The van der Waals surface area contributed by atoms with Gasteiger partial charge in [0.15, 0.2) is 0 Å². The Hall–Kier alpha value is -3.84. The lowest BCUT2D eigenvalue weighted by Crippen LogP contribution is -2.36. The fraction of sp³-hybridized carbons (Fsp3) is 0.323. The van der Waals surface area contributed by atoms with Crippen LogP contribution in [-0.2, 0) is 16.6 Å². The van der Waals surface area contributed by atoms with Gasteiger partial charge >= 0.3 is 5.97 Å². The minimum Gasteiger partial charge on any atom is -0.481 e. The van der Waals surface area contributed by atoms with Gasteiger partial charge in [-0.1, -0.05) is 63.2 Å². The van der Waals surface area contributed by atoms with Gasteiger partial charge in [0.1, 0.15) is 5.82 Å². The monoisotopic (exact) mass is 517 g/mol. The van der Waals surface area contributed by atoms with Crippen LogP contribution in [0.25, 0.3) is 11.1 Å². The van der Waals surface area contributed by atoms with Crippen LogP contribution in [0.2, 0.25) is 0 Å². The van der Waals surface area contributed by atoms with Crippen molar-refractivity contribution in [3.8, 4) is 11.1 Å². The lowest BCUT2D eigenvalue weighted by atomic mass is 9.85. The van der Waals surface area contributed by atoms with Crippen LogP contribution in [0.3, 0.4) is 0 Å². The summed E-state index contributed by atoms with van der Waals surface area (Å²) in [5.41, 5.74) is 4.13. The number of carbonyl (C=O) groups is 3. The molecule has 0 radical (unpaired) electrons. The van der Waals surface area contributed by atoms with Crippen molar-refractivity contribution in [2.75, 3.05) is 6.54 Å². The Kier molecular flexibility index (Phi) is 7.78. The number of carboxylic acids is 1. The highest BCUT2D eigenvalue weighted by Gasteiger charge is 2.37. The maximum absolute atomic E-state index is 13.2. The Balaban J connectivity index is 1.36. The first kappa shape index (κ1) is 27.2. The molecule has 0 aromatic heterocycles. The number of rotatable bonds is 9. The van der Waals surface area contributed by atoms with E-state index in [9.17, 15) is 29.0 Å². The maximum Gasteiger partial charge on any atom is 0.309 e. The maximum atomic E-state index is 13.2. The molecule has 0 fully saturated rings. The molecule has 1 aliphatic heterocycles. The Labute approximate surface area is 221 Å². The van der Waals surface area contributed by atoms with Crippen molar-refractivity contribution in [1.82, 2.24) is 4.90 Å². The predicted molar refractivity (Wildman–Crippen MR) is 142 cm³/mol. The Morgan fingerprint density at radius 3 is 2.03 bits per heavy atom. The van der Waals surface area contributed by atoms with Crippen LogP contribution in [0.5, 0.6) is 0 Å². The summed E-state index contributed by atoms with van der Waals surface area (Å²) in [6, 6.07) is 19.0. The molecule has 1 heterocycles. The van der Waals surface area contributed by atoms with Gasteiger partial charge in [-0.3, -0.25) is 19.3 Å². The zero-order valence-electron chi connectivity index (χ0n) is 21.8. The highest BCUT2D eigenvalue weighted by molar-refractivity contribution is 6.21. The van der Waals surface area contributed by atoms with E-state index in [1.165, 1.54) is 12.1 Å².